The van der Waals surface area contributed by atoms with Crippen LogP contribution in [0.25, 0.3) is 0 Å². The number of sulfonamides is 1. The van der Waals surface area contributed by atoms with Crippen molar-refractivity contribution in [3.63, 3.8) is 0 Å². The van der Waals surface area contributed by atoms with Gasteiger partial charge in [0.2, 0.25) is 10.0 Å². The molecular weight excluding hydrogens is 533 g/mol. The zero-order valence-electron chi connectivity index (χ0n) is 18.6. The molecule has 2 rings (SSSR count). The highest BCUT2D eigenvalue weighted by atomic mass is 127. The lowest BCUT2D eigenvalue weighted by Gasteiger charge is -2.34. The number of guanidine groups is 1. The molecule has 1 unspecified atom stereocenters. The third kappa shape index (κ3) is 10.8. The van der Waals surface area contributed by atoms with E-state index in [0.29, 0.717) is 26.1 Å². The average Bonchev–Trinajstić information content (AvgIpc) is 2.74. The summed E-state index contributed by atoms with van der Waals surface area (Å²) in [7, 11) is -1.49. The molecule has 1 aliphatic heterocycles. The van der Waals surface area contributed by atoms with Gasteiger partial charge >= 0.3 is 0 Å². The van der Waals surface area contributed by atoms with E-state index in [0.717, 1.165) is 50.8 Å². The number of methoxy groups -OCH3 is 1. The lowest BCUT2D eigenvalue weighted by molar-refractivity contribution is 0.0179. The van der Waals surface area contributed by atoms with Gasteiger partial charge in [-0.1, -0.05) is 12.1 Å². The van der Waals surface area contributed by atoms with Crippen LogP contribution in [0.4, 0.5) is 0 Å². The molecule has 3 N–H and O–H groups in total. The number of halogens is 1. The van der Waals surface area contributed by atoms with Gasteiger partial charge < -0.3 is 20.1 Å². The second-order valence-electron chi connectivity index (χ2n) is 7.10. The van der Waals surface area contributed by atoms with Crippen LogP contribution in [0.5, 0.6) is 5.75 Å². The fraction of sp³-hybridized carbons (Fsp3) is 0.650. The number of nitrogens with zero attached hydrogens (tertiary/aromatic N) is 2. The number of hydrogen-bond acceptors (Lipinski definition) is 6. The second kappa shape index (κ2) is 14.8. The van der Waals surface area contributed by atoms with E-state index in [2.05, 4.69) is 32.4 Å². The summed E-state index contributed by atoms with van der Waals surface area (Å²) in [6, 6.07) is 8.27. The first kappa shape index (κ1) is 27.9. The summed E-state index contributed by atoms with van der Waals surface area (Å²) in [6.07, 6.45) is 1.83. The van der Waals surface area contributed by atoms with Crippen LogP contribution in [0.3, 0.4) is 0 Å². The second-order valence-corrected chi connectivity index (χ2v) is 8.94. The van der Waals surface area contributed by atoms with Crippen molar-refractivity contribution in [2.45, 2.75) is 19.4 Å². The van der Waals surface area contributed by atoms with Gasteiger partial charge in [0.05, 0.1) is 39.2 Å². The predicted octanol–water partition coefficient (Wildman–Crippen LogP) is 1.18. The lowest BCUT2D eigenvalue weighted by atomic mass is 10.0. The molecule has 0 spiro atoms. The molecule has 0 aliphatic carbocycles. The maximum atomic E-state index is 11.1. The Kier molecular flexibility index (Phi) is 13.3. The molecule has 0 bridgehead atoms. The van der Waals surface area contributed by atoms with E-state index in [9.17, 15) is 8.42 Å². The Morgan fingerprint density at radius 3 is 2.45 bits per heavy atom. The number of nitrogens with one attached hydrogen (secondary N) is 3. The average molecular weight is 570 g/mol. The van der Waals surface area contributed by atoms with Crippen molar-refractivity contribution < 1.29 is 17.9 Å². The largest absolute Gasteiger partial charge is 0.497 e. The van der Waals surface area contributed by atoms with Crippen LogP contribution >= 0.6 is 24.0 Å². The highest BCUT2D eigenvalue weighted by Crippen LogP contribution is 2.24. The van der Waals surface area contributed by atoms with Crippen LogP contribution in [-0.2, 0) is 14.8 Å². The summed E-state index contributed by atoms with van der Waals surface area (Å²) in [5.41, 5.74) is 1.19. The highest BCUT2D eigenvalue weighted by Gasteiger charge is 2.22. The SMILES string of the molecule is CCNC(=NCC(c1ccc(OC)cc1)N1CCOCC1)NCCCNS(C)(=O)=O.I. The van der Waals surface area contributed by atoms with E-state index in [1.807, 2.05) is 19.1 Å². The van der Waals surface area contributed by atoms with Crippen molar-refractivity contribution in [1.29, 1.82) is 0 Å². The van der Waals surface area contributed by atoms with Gasteiger partial charge in [0, 0.05) is 32.7 Å². The third-order valence-corrected chi connectivity index (χ3v) is 5.49. The standard InChI is InChI=1S/C20H35N5O4S.HI/c1-4-21-20(22-10-5-11-24-30(3,26)27)23-16-19(25-12-14-29-15-13-25)17-6-8-18(28-2)9-7-17;/h6-9,19,24H,4-5,10-16H2,1-3H3,(H2,21,22,23);1H. The number of aliphatic imine (C=N–C) groups is 1. The van der Waals surface area contributed by atoms with E-state index in [1.54, 1.807) is 7.11 Å². The van der Waals surface area contributed by atoms with Crippen LogP contribution < -0.4 is 20.1 Å². The summed E-state index contributed by atoms with van der Waals surface area (Å²) in [5, 5.41) is 6.53. The zero-order valence-corrected chi connectivity index (χ0v) is 21.7. The molecule has 1 atom stereocenters. The molecule has 1 saturated heterocycles. The van der Waals surface area contributed by atoms with Gasteiger partial charge in [0.15, 0.2) is 5.96 Å². The topological polar surface area (TPSA) is 104 Å². The number of benzene rings is 1. The Hall–Kier alpha value is -1.15. The van der Waals surface area contributed by atoms with Crippen LogP contribution in [-0.4, -0.2) is 85.1 Å². The smallest absolute Gasteiger partial charge is 0.208 e. The molecule has 1 heterocycles. The van der Waals surface area contributed by atoms with E-state index in [1.165, 1.54) is 5.56 Å². The lowest BCUT2D eigenvalue weighted by Crippen LogP contribution is -2.42. The first-order valence-electron chi connectivity index (χ1n) is 10.4. The minimum Gasteiger partial charge on any atom is -0.497 e. The van der Waals surface area contributed by atoms with Crippen LogP contribution in [0, 0.1) is 0 Å². The number of ether oxygens (including phenoxy) is 2. The van der Waals surface area contributed by atoms with Crippen molar-refractivity contribution in [3.05, 3.63) is 29.8 Å². The number of hydrogen-bond donors (Lipinski definition) is 3. The molecule has 31 heavy (non-hydrogen) atoms. The monoisotopic (exact) mass is 569 g/mol. The molecule has 9 nitrogen and oxygen atoms in total. The van der Waals surface area contributed by atoms with E-state index < -0.39 is 10.0 Å². The molecule has 1 fully saturated rings. The van der Waals surface area contributed by atoms with E-state index in [4.69, 9.17) is 14.5 Å². The molecule has 0 radical (unpaired) electrons. The Morgan fingerprint density at radius 1 is 1.19 bits per heavy atom. The molecule has 0 aromatic heterocycles. The molecule has 0 amide bonds. The van der Waals surface area contributed by atoms with Crippen LogP contribution in [0.2, 0.25) is 0 Å². The van der Waals surface area contributed by atoms with Gasteiger partial charge in [-0.2, -0.15) is 0 Å². The molecule has 0 saturated carbocycles. The third-order valence-electron chi connectivity index (χ3n) is 4.76. The van der Waals surface area contributed by atoms with Gasteiger partial charge in [0.1, 0.15) is 5.75 Å². The Bertz CT molecular complexity index is 755. The molecule has 178 valence electrons. The summed E-state index contributed by atoms with van der Waals surface area (Å²) < 4.78 is 35.6. The first-order valence-corrected chi connectivity index (χ1v) is 12.2. The minimum atomic E-state index is -3.15. The first-order chi connectivity index (χ1) is 14.4. The van der Waals surface area contributed by atoms with Crippen LogP contribution in [0.15, 0.2) is 29.3 Å². The van der Waals surface area contributed by atoms with Crippen molar-refractivity contribution >= 4 is 40.0 Å². The van der Waals surface area contributed by atoms with Gasteiger partial charge in [0.25, 0.3) is 0 Å². The molecule has 1 aliphatic rings. The zero-order chi connectivity index (χ0) is 21.8. The Balaban J connectivity index is 0.00000480. The minimum absolute atomic E-state index is 0. The van der Waals surface area contributed by atoms with Crippen molar-refractivity contribution in [3.8, 4) is 5.75 Å². The molecule has 1 aromatic rings. The normalized spacial score (nSPS) is 16.3. The highest BCUT2D eigenvalue weighted by molar-refractivity contribution is 14.0. The van der Waals surface area contributed by atoms with Gasteiger partial charge in [-0.25, -0.2) is 13.1 Å². The fourth-order valence-electron chi connectivity index (χ4n) is 3.22. The number of rotatable bonds is 11. The quantitative estimate of drug-likeness (QED) is 0.159. The van der Waals surface area contributed by atoms with Crippen LogP contribution in [0.1, 0.15) is 24.9 Å². The number of morpholine rings is 1. The maximum Gasteiger partial charge on any atom is 0.208 e. The van der Waals surface area contributed by atoms with E-state index in [-0.39, 0.29) is 30.0 Å². The van der Waals surface area contributed by atoms with Crippen molar-refractivity contribution in [2.24, 2.45) is 4.99 Å². The maximum absolute atomic E-state index is 11.1. The summed E-state index contributed by atoms with van der Waals surface area (Å²) in [4.78, 5) is 7.19. The summed E-state index contributed by atoms with van der Waals surface area (Å²) in [5.74, 6) is 1.56. The van der Waals surface area contributed by atoms with Crippen molar-refractivity contribution in [1.82, 2.24) is 20.3 Å². The fourth-order valence-corrected chi connectivity index (χ4v) is 3.73. The molecule has 11 heteroatoms. The summed E-state index contributed by atoms with van der Waals surface area (Å²) >= 11 is 0. The van der Waals surface area contributed by atoms with Gasteiger partial charge in [-0.05, 0) is 31.0 Å². The summed E-state index contributed by atoms with van der Waals surface area (Å²) in [6.45, 7) is 7.57. The Labute approximate surface area is 203 Å². The van der Waals surface area contributed by atoms with Gasteiger partial charge in [-0.3, -0.25) is 9.89 Å². The van der Waals surface area contributed by atoms with Crippen molar-refractivity contribution in [2.75, 3.05) is 65.8 Å². The van der Waals surface area contributed by atoms with E-state index >= 15 is 0 Å². The molecular formula is C20H36IN5O4S. The van der Waals surface area contributed by atoms with Gasteiger partial charge in [-0.15, -0.1) is 24.0 Å². The predicted molar refractivity (Wildman–Crippen MR) is 135 cm³/mol. The molecule has 1 aromatic carbocycles. The Morgan fingerprint density at radius 2 is 1.87 bits per heavy atom.